The van der Waals surface area contributed by atoms with Gasteiger partial charge in [-0.05, 0) is 25.7 Å². The summed E-state index contributed by atoms with van der Waals surface area (Å²) in [7, 11) is -9.87. The SMILES string of the molecule is CCCCCCCCCCCCCCCCCCCCC(=O)O[C@H](COC(=O)CCCCCCCCCCCC)COP(=O)(O)OC[C@@H](O)COP(=O)(O)OC[C@@H](COC(=O)CCCCCCC)OC(=O)CCCCCCCCCCC. The molecule has 486 valence electrons. The molecule has 19 heteroatoms. The Hall–Kier alpha value is -1.94. The molecule has 0 saturated carbocycles. The number of carbonyl (C=O) groups excluding carboxylic acids is 4. The number of rotatable bonds is 64. The van der Waals surface area contributed by atoms with E-state index >= 15 is 0 Å². The summed E-state index contributed by atoms with van der Waals surface area (Å²) in [5, 5.41) is 10.5. The van der Waals surface area contributed by atoms with E-state index in [1.54, 1.807) is 0 Å². The van der Waals surface area contributed by atoms with Crippen LogP contribution in [0.4, 0.5) is 0 Å². The molecule has 82 heavy (non-hydrogen) atoms. The lowest BCUT2D eigenvalue weighted by molar-refractivity contribution is -0.161. The van der Waals surface area contributed by atoms with Crippen LogP contribution in [0, 0.1) is 0 Å². The minimum atomic E-state index is -4.94. The van der Waals surface area contributed by atoms with Gasteiger partial charge in [-0.2, -0.15) is 0 Å². The largest absolute Gasteiger partial charge is 0.472 e. The first-order chi connectivity index (χ1) is 39.7. The lowest BCUT2D eigenvalue weighted by atomic mass is 10.0. The van der Waals surface area contributed by atoms with Gasteiger partial charge in [0, 0.05) is 25.7 Å². The maximum absolute atomic E-state index is 13.0. The van der Waals surface area contributed by atoms with Crippen LogP contribution in [0.25, 0.3) is 0 Å². The third-order valence-corrected chi connectivity index (χ3v) is 16.5. The molecule has 0 aliphatic carbocycles. The van der Waals surface area contributed by atoms with E-state index in [9.17, 15) is 43.2 Å². The Morgan fingerprint density at radius 1 is 0.293 bits per heavy atom. The van der Waals surface area contributed by atoms with E-state index in [0.29, 0.717) is 25.7 Å². The quantitative estimate of drug-likeness (QED) is 0.0222. The smallest absolute Gasteiger partial charge is 0.462 e. The van der Waals surface area contributed by atoms with Crippen LogP contribution in [-0.2, 0) is 65.4 Å². The summed E-state index contributed by atoms with van der Waals surface area (Å²) in [4.78, 5) is 71.8. The topological polar surface area (TPSA) is 237 Å². The maximum atomic E-state index is 13.0. The van der Waals surface area contributed by atoms with Gasteiger partial charge in [-0.1, -0.05) is 272 Å². The first-order valence-corrected chi connectivity index (χ1v) is 36.3. The summed E-state index contributed by atoms with van der Waals surface area (Å²) in [5.41, 5.74) is 0. The zero-order chi connectivity index (χ0) is 60.5. The van der Waals surface area contributed by atoms with Gasteiger partial charge in [-0.15, -0.1) is 0 Å². The molecular formula is C63H122O17P2. The molecule has 0 aliphatic heterocycles. The fraction of sp³-hybridized carbons (Fsp3) is 0.937. The van der Waals surface area contributed by atoms with Crippen LogP contribution in [0.2, 0.25) is 0 Å². The second-order valence-electron chi connectivity index (χ2n) is 22.8. The molecule has 17 nitrogen and oxygen atoms in total. The van der Waals surface area contributed by atoms with E-state index in [-0.39, 0.29) is 25.7 Å². The zero-order valence-corrected chi connectivity index (χ0v) is 54.2. The summed E-state index contributed by atoms with van der Waals surface area (Å²) < 4.78 is 67.7. The summed E-state index contributed by atoms with van der Waals surface area (Å²) in [6, 6.07) is 0. The van der Waals surface area contributed by atoms with Gasteiger partial charge in [-0.25, -0.2) is 9.13 Å². The number of unbranched alkanes of at least 4 members (excludes halogenated alkanes) is 38. The molecule has 5 atom stereocenters. The highest BCUT2D eigenvalue weighted by Gasteiger charge is 2.30. The van der Waals surface area contributed by atoms with Crippen molar-refractivity contribution in [2.45, 2.75) is 341 Å². The molecule has 0 radical (unpaired) electrons. The van der Waals surface area contributed by atoms with Crippen LogP contribution in [0.3, 0.4) is 0 Å². The Kier molecular flexibility index (Phi) is 56.7. The Labute approximate surface area is 498 Å². The lowest BCUT2D eigenvalue weighted by Crippen LogP contribution is -2.30. The van der Waals surface area contributed by atoms with E-state index in [1.165, 1.54) is 148 Å². The van der Waals surface area contributed by atoms with Gasteiger partial charge in [0.1, 0.15) is 19.3 Å². The van der Waals surface area contributed by atoms with Gasteiger partial charge in [0.05, 0.1) is 26.4 Å². The minimum Gasteiger partial charge on any atom is -0.462 e. The summed E-state index contributed by atoms with van der Waals surface area (Å²) >= 11 is 0. The second kappa shape index (κ2) is 58.1. The van der Waals surface area contributed by atoms with Crippen LogP contribution >= 0.6 is 15.6 Å². The molecule has 2 unspecified atom stereocenters. The van der Waals surface area contributed by atoms with Crippen molar-refractivity contribution >= 4 is 39.5 Å². The van der Waals surface area contributed by atoms with E-state index in [1.807, 2.05) is 0 Å². The first kappa shape index (κ1) is 80.1. The third kappa shape index (κ3) is 57.2. The lowest BCUT2D eigenvalue weighted by Gasteiger charge is -2.21. The number of phosphoric acid groups is 2. The van der Waals surface area contributed by atoms with E-state index in [4.69, 9.17) is 37.0 Å². The average molecular weight is 1210 g/mol. The molecular weight excluding hydrogens is 1090 g/mol. The van der Waals surface area contributed by atoms with Gasteiger partial charge in [0.2, 0.25) is 0 Å². The molecule has 0 fully saturated rings. The minimum absolute atomic E-state index is 0.105. The molecule has 0 bridgehead atoms. The standard InChI is InChI=1S/C63H122O17P2/c1-5-9-13-17-20-23-25-26-27-28-29-30-31-32-35-38-42-46-50-63(68)80-59(54-74-61(66)48-44-40-36-34-24-21-18-14-10-6-2)56-78-82(71,72)76-52-57(64)51-75-81(69,70)77-55-58(53-73-60(65)47-43-39-16-12-8-4)79-62(67)49-45-41-37-33-22-19-15-11-7-3/h57-59,64H,5-56H2,1-4H3,(H,69,70)(H,71,72)/t57-,58+,59+/m0/s1. The Balaban J connectivity index is 5.11. The van der Waals surface area contributed by atoms with E-state index in [2.05, 4.69) is 27.7 Å². The molecule has 0 heterocycles. The predicted octanol–water partition coefficient (Wildman–Crippen LogP) is 17.5. The molecule has 0 amide bonds. The van der Waals surface area contributed by atoms with Gasteiger partial charge in [-0.3, -0.25) is 37.3 Å². The van der Waals surface area contributed by atoms with E-state index < -0.39 is 97.5 Å². The van der Waals surface area contributed by atoms with Crippen molar-refractivity contribution in [3.05, 3.63) is 0 Å². The van der Waals surface area contributed by atoms with Crippen LogP contribution < -0.4 is 0 Å². The number of aliphatic hydroxyl groups is 1. The molecule has 0 aromatic rings. The molecule has 0 rings (SSSR count). The molecule has 0 aromatic carbocycles. The third-order valence-electron chi connectivity index (χ3n) is 14.6. The van der Waals surface area contributed by atoms with Crippen molar-refractivity contribution in [3.63, 3.8) is 0 Å². The number of hydrogen-bond acceptors (Lipinski definition) is 15. The Morgan fingerprint density at radius 3 is 0.720 bits per heavy atom. The Bertz CT molecular complexity index is 1590. The number of esters is 4. The molecule has 0 spiro atoms. The van der Waals surface area contributed by atoms with Crippen molar-refractivity contribution in [1.29, 1.82) is 0 Å². The summed E-state index contributed by atoms with van der Waals surface area (Å²) in [6.45, 7) is 4.78. The van der Waals surface area contributed by atoms with Crippen molar-refractivity contribution in [2.24, 2.45) is 0 Å². The van der Waals surface area contributed by atoms with Crippen LogP contribution in [-0.4, -0.2) is 96.7 Å². The fourth-order valence-electron chi connectivity index (χ4n) is 9.46. The first-order valence-electron chi connectivity index (χ1n) is 33.3. The highest BCUT2D eigenvalue weighted by atomic mass is 31.2. The van der Waals surface area contributed by atoms with Crippen molar-refractivity contribution in [1.82, 2.24) is 0 Å². The highest BCUT2D eigenvalue weighted by Crippen LogP contribution is 2.45. The molecule has 0 saturated heterocycles. The number of aliphatic hydroxyl groups excluding tert-OH is 1. The van der Waals surface area contributed by atoms with Gasteiger partial charge >= 0.3 is 39.5 Å². The Morgan fingerprint density at radius 2 is 0.488 bits per heavy atom. The number of ether oxygens (including phenoxy) is 4. The number of hydrogen-bond donors (Lipinski definition) is 3. The highest BCUT2D eigenvalue weighted by molar-refractivity contribution is 7.47. The van der Waals surface area contributed by atoms with Gasteiger partial charge in [0.15, 0.2) is 12.2 Å². The zero-order valence-electron chi connectivity index (χ0n) is 52.5. The predicted molar refractivity (Wildman–Crippen MR) is 326 cm³/mol. The molecule has 0 aliphatic rings. The van der Waals surface area contributed by atoms with Gasteiger partial charge < -0.3 is 33.8 Å². The summed E-state index contributed by atoms with van der Waals surface area (Å²) in [6.07, 6.45) is 43.5. The fourth-order valence-corrected chi connectivity index (χ4v) is 11.0. The second-order valence-corrected chi connectivity index (χ2v) is 25.7. The van der Waals surface area contributed by atoms with Crippen molar-refractivity contribution in [2.75, 3.05) is 39.6 Å². The van der Waals surface area contributed by atoms with Gasteiger partial charge in [0.25, 0.3) is 0 Å². The van der Waals surface area contributed by atoms with Crippen LogP contribution in [0.15, 0.2) is 0 Å². The van der Waals surface area contributed by atoms with Crippen LogP contribution in [0.1, 0.15) is 323 Å². The monoisotopic (exact) mass is 1210 g/mol. The number of phosphoric ester groups is 2. The summed E-state index contributed by atoms with van der Waals surface area (Å²) in [5.74, 6) is -2.15. The van der Waals surface area contributed by atoms with Crippen molar-refractivity contribution < 1.29 is 80.2 Å². The number of carbonyl (C=O) groups is 4. The molecule has 0 aromatic heterocycles. The van der Waals surface area contributed by atoms with Crippen molar-refractivity contribution in [3.8, 4) is 0 Å². The van der Waals surface area contributed by atoms with E-state index in [0.717, 1.165) is 96.3 Å². The molecule has 3 N–H and O–H groups in total. The normalized spacial score (nSPS) is 14.2. The average Bonchev–Trinajstić information content (AvgIpc) is 3.45. The maximum Gasteiger partial charge on any atom is 0.472 e. The van der Waals surface area contributed by atoms with Crippen LogP contribution in [0.5, 0.6) is 0 Å².